The van der Waals surface area contributed by atoms with Crippen LogP contribution in [0.25, 0.3) is 0 Å². The van der Waals surface area contributed by atoms with E-state index in [2.05, 4.69) is 5.32 Å². The standard InChI is InChI=1S/C8H14F3NO/c1-2-13-5-6-3-12-4-7(6)8(9,10)11/h6-7,12H,2-5H2,1H3/t6-,7-/m0/s1. The molecule has 0 radical (unpaired) electrons. The summed E-state index contributed by atoms with van der Waals surface area (Å²) in [6.07, 6.45) is -4.09. The molecule has 13 heavy (non-hydrogen) atoms. The smallest absolute Gasteiger partial charge is 0.381 e. The van der Waals surface area contributed by atoms with Crippen LogP contribution < -0.4 is 5.32 Å². The minimum atomic E-state index is -4.09. The van der Waals surface area contributed by atoms with Crippen molar-refractivity contribution in [3.8, 4) is 0 Å². The summed E-state index contributed by atoms with van der Waals surface area (Å²) in [5, 5.41) is 2.74. The van der Waals surface area contributed by atoms with Crippen LogP contribution in [-0.2, 0) is 4.74 Å². The number of halogens is 3. The van der Waals surface area contributed by atoms with E-state index in [9.17, 15) is 13.2 Å². The van der Waals surface area contributed by atoms with Crippen molar-refractivity contribution >= 4 is 0 Å². The first kappa shape index (κ1) is 10.8. The van der Waals surface area contributed by atoms with Crippen molar-refractivity contribution in [2.45, 2.75) is 13.1 Å². The highest BCUT2D eigenvalue weighted by Gasteiger charge is 2.46. The third-order valence-electron chi connectivity index (χ3n) is 2.30. The summed E-state index contributed by atoms with van der Waals surface area (Å²) < 4.78 is 42.0. The Hall–Kier alpha value is -0.290. The fourth-order valence-electron chi connectivity index (χ4n) is 1.56. The van der Waals surface area contributed by atoms with Crippen molar-refractivity contribution in [2.75, 3.05) is 26.3 Å². The third-order valence-corrected chi connectivity index (χ3v) is 2.30. The molecule has 0 unspecified atom stereocenters. The van der Waals surface area contributed by atoms with E-state index in [4.69, 9.17) is 4.74 Å². The van der Waals surface area contributed by atoms with Crippen LogP contribution in [0.15, 0.2) is 0 Å². The van der Waals surface area contributed by atoms with Gasteiger partial charge in [-0.25, -0.2) is 0 Å². The van der Waals surface area contributed by atoms with E-state index in [0.717, 1.165) is 0 Å². The van der Waals surface area contributed by atoms with Crippen molar-refractivity contribution in [3.63, 3.8) is 0 Å². The van der Waals surface area contributed by atoms with Gasteiger partial charge in [-0.1, -0.05) is 0 Å². The van der Waals surface area contributed by atoms with Gasteiger partial charge in [0.1, 0.15) is 0 Å². The summed E-state index contributed by atoms with van der Waals surface area (Å²) in [7, 11) is 0. The molecule has 78 valence electrons. The maximum absolute atomic E-state index is 12.3. The molecule has 0 aliphatic carbocycles. The Kier molecular flexibility index (Phi) is 3.55. The number of rotatable bonds is 3. The summed E-state index contributed by atoms with van der Waals surface area (Å²) in [5.41, 5.74) is 0. The third kappa shape index (κ3) is 2.84. The van der Waals surface area contributed by atoms with Crippen molar-refractivity contribution in [3.05, 3.63) is 0 Å². The van der Waals surface area contributed by atoms with Crippen molar-refractivity contribution in [1.29, 1.82) is 0 Å². The predicted octanol–water partition coefficient (Wildman–Crippen LogP) is 1.42. The van der Waals surface area contributed by atoms with Gasteiger partial charge in [-0.15, -0.1) is 0 Å². The normalized spacial score (nSPS) is 29.5. The van der Waals surface area contributed by atoms with Crippen LogP contribution in [0.4, 0.5) is 13.2 Å². The van der Waals surface area contributed by atoms with Gasteiger partial charge in [0, 0.05) is 25.6 Å². The Bertz CT molecular complexity index is 160. The average Bonchev–Trinajstić information content (AvgIpc) is 2.47. The largest absolute Gasteiger partial charge is 0.393 e. The molecular formula is C8H14F3NO. The van der Waals surface area contributed by atoms with Gasteiger partial charge in [-0.2, -0.15) is 13.2 Å². The lowest BCUT2D eigenvalue weighted by Crippen LogP contribution is -2.31. The molecule has 0 aromatic carbocycles. The maximum atomic E-state index is 12.3. The zero-order chi connectivity index (χ0) is 9.90. The summed E-state index contributed by atoms with van der Waals surface area (Å²) >= 11 is 0. The van der Waals surface area contributed by atoms with Crippen LogP contribution in [0.5, 0.6) is 0 Å². The minimum absolute atomic E-state index is 0.0290. The van der Waals surface area contributed by atoms with E-state index in [1.54, 1.807) is 6.92 Å². The highest BCUT2D eigenvalue weighted by molar-refractivity contribution is 4.85. The summed E-state index contributed by atoms with van der Waals surface area (Å²) in [4.78, 5) is 0. The van der Waals surface area contributed by atoms with Gasteiger partial charge in [0.05, 0.1) is 12.5 Å². The fraction of sp³-hybridized carbons (Fsp3) is 1.00. The van der Waals surface area contributed by atoms with Gasteiger partial charge in [0.15, 0.2) is 0 Å². The SMILES string of the molecule is CCOC[C@@H]1CNC[C@@H]1C(F)(F)F. The molecule has 0 aromatic rings. The number of ether oxygens (including phenoxy) is 1. The lowest BCUT2D eigenvalue weighted by Gasteiger charge is -2.20. The van der Waals surface area contributed by atoms with Gasteiger partial charge < -0.3 is 10.1 Å². The number of hydrogen-bond donors (Lipinski definition) is 1. The molecule has 0 amide bonds. The maximum Gasteiger partial charge on any atom is 0.393 e. The molecule has 1 fully saturated rings. The van der Waals surface area contributed by atoms with E-state index in [1.165, 1.54) is 0 Å². The Morgan fingerprint density at radius 1 is 1.38 bits per heavy atom. The van der Waals surface area contributed by atoms with Crippen molar-refractivity contribution in [2.24, 2.45) is 11.8 Å². The van der Waals surface area contributed by atoms with E-state index in [1.807, 2.05) is 0 Å². The molecule has 1 aliphatic rings. The molecule has 2 atom stereocenters. The number of alkyl halides is 3. The lowest BCUT2D eigenvalue weighted by atomic mass is 9.96. The first-order chi connectivity index (χ1) is 6.05. The molecule has 0 spiro atoms. The molecular weight excluding hydrogens is 183 g/mol. The Morgan fingerprint density at radius 2 is 2.08 bits per heavy atom. The van der Waals surface area contributed by atoms with Crippen LogP contribution in [-0.4, -0.2) is 32.5 Å². The fourth-order valence-corrected chi connectivity index (χ4v) is 1.56. The Balaban J connectivity index is 2.44. The van der Waals surface area contributed by atoms with Crippen molar-refractivity contribution < 1.29 is 17.9 Å². The molecule has 1 aliphatic heterocycles. The summed E-state index contributed by atoms with van der Waals surface area (Å²) in [6, 6.07) is 0. The van der Waals surface area contributed by atoms with E-state index in [0.29, 0.717) is 13.2 Å². The highest BCUT2D eigenvalue weighted by Crippen LogP contribution is 2.34. The first-order valence-corrected chi connectivity index (χ1v) is 4.41. The first-order valence-electron chi connectivity index (χ1n) is 4.41. The van der Waals surface area contributed by atoms with Crippen molar-refractivity contribution in [1.82, 2.24) is 5.32 Å². The zero-order valence-electron chi connectivity index (χ0n) is 7.53. The average molecular weight is 197 g/mol. The van der Waals surface area contributed by atoms with Gasteiger partial charge in [0.25, 0.3) is 0 Å². The predicted molar refractivity (Wildman–Crippen MR) is 42.4 cm³/mol. The zero-order valence-corrected chi connectivity index (χ0v) is 7.53. The molecule has 2 nitrogen and oxygen atoms in total. The van der Waals surface area contributed by atoms with Gasteiger partial charge in [-0.05, 0) is 6.92 Å². The van der Waals surface area contributed by atoms with Crippen LogP contribution in [0.2, 0.25) is 0 Å². The molecule has 1 rings (SSSR count). The van der Waals surface area contributed by atoms with Crippen LogP contribution in [0.1, 0.15) is 6.92 Å². The number of nitrogens with one attached hydrogen (secondary N) is 1. The van der Waals surface area contributed by atoms with Gasteiger partial charge in [0.2, 0.25) is 0 Å². The minimum Gasteiger partial charge on any atom is -0.381 e. The molecule has 0 aromatic heterocycles. The molecule has 0 bridgehead atoms. The van der Waals surface area contributed by atoms with E-state index >= 15 is 0 Å². The van der Waals surface area contributed by atoms with E-state index in [-0.39, 0.29) is 13.2 Å². The van der Waals surface area contributed by atoms with Crippen LogP contribution in [0, 0.1) is 11.8 Å². The second kappa shape index (κ2) is 4.28. The van der Waals surface area contributed by atoms with Crippen LogP contribution in [0.3, 0.4) is 0 Å². The highest BCUT2D eigenvalue weighted by atomic mass is 19.4. The Labute approximate surface area is 75.4 Å². The topological polar surface area (TPSA) is 21.3 Å². The molecule has 0 saturated carbocycles. The molecule has 1 N–H and O–H groups in total. The molecule has 1 saturated heterocycles. The number of hydrogen-bond acceptors (Lipinski definition) is 2. The lowest BCUT2D eigenvalue weighted by molar-refractivity contribution is -0.183. The van der Waals surface area contributed by atoms with Gasteiger partial charge in [-0.3, -0.25) is 0 Å². The molecule has 5 heteroatoms. The Morgan fingerprint density at radius 3 is 2.62 bits per heavy atom. The van der Waals surface area contributed by atoms with Crippen LogP contribution >= 0.6 is 0 Å². The quantitative estimate of drug-likeness (QED) is 0.738. The summed E-state index contributed by atoms with van der Waals surface area (Å²) in [5.74, 6) is -1.65. The second-order valence-electron chi connectivity index (χ2n) is 3.23. The van der Waals surface area contributed by atoms with Gasteiger partial charge >= 0.3 is 6.18 Å². The molecule has 1 heterocycles. The van der Waals surface area contributed by atoms with E-state index < -0.39 is 18.0 Å². The second-order valence-corrected chi connectivity index (χ2v) is 3.23. The monoisotopic (exact) mass is 197 g/mol. The summed E-state index contributed by atoms with van der Waals surface area (Å²) in [6.45, 7) is 2.89.